The fourth-order valence-electron chi connectivity index (χ4n) is 1.16. The molecule has 15 heavy (non-hydrogen) atoms. The third-order valence-electron chi connectivity index (χ3n) is 1.84. The number of rotatable bonds is 3. The summed E-state index contributed by atoms with van der Waals surface area (Å²) in [6.45, 7) is 0. The van der Waals surface area contributed by atoms with Crippen molar-refractivity contribution in [1.29, 1.82) is 5.26 Å². The van der Waals surface area contributed by atoms with Crippen molar-refractivity contribution in [2.45, 2.75) is 11.8 Å². The Bertz CT molecular complexity index is 429. The average Bonchev–Trinajstić information content (AvgIpc) is 2.26. The van der Waals surface area contributed by atoms with E-state index in [1.54, 1.807) is 6.07 Å². The van der Waals surface area contributed by atoms with Crippen LogP contribution in [-0.2, 0) is 5.33 Å². The van der Waals surface area contributed by atoms with E-state index in [-0.39, 0.29) is 22.2 Å². The van der Waals surface area contributed by atoms with Crippen molar-refractivity contribution in [3.8, 4) is 6.07 Å². The molecule has 0 aliphatic rings. The summed E-state index contributed by atoms with van der Waals surface area (Å²) in [5.41, 5.74) is -0.628. The molecule has 0 aromatic carbocycles. The number of hydrogen-bond donors (Lipinski definition) is 0. The molecule has 0 N–H and O–H groups in total. The highest BCUT2D eigenvalue weighted by atomic mass is 79.9. The smallest absolute Gasteiger partial charge is 0.265 e. The van der Waals surface area contributed by atoms with Gasteiger partial charge in [-0.2, -0.15) is 5.26 Å². The first-order valence-corrected chi connectivity index (χ1v) is 4.99. The van der Waals surface area contributed by atoms with Crippen LogP contribution in [0.1, 0.15) is 33.6 Å². The van der Waals surface area contributed by atoms with Crippen LogP contribution >= 0.6 is 15.9 Å². The molecule has 0 fully saturated rings. The zero-order valence-corrected chi connectivity index (χ0v) is 8.96. The van der Waals surface area contributed by atoms with Crippen molar-refractivity contribution in [2.24, 2.45) is 0 Å². The van der Waals surface area contributed by atoms with Crippen molar-refractivity contribution in [2.75, 3.05) is 0 Å². The van der Waals surface area contributed by atoms with Gasteiger partial charge < -0.3 is 0 Å². The van der Waals surface area contributed by atoms with Crippen LogP contribution in [0.25, 0.3) is 0 Å². The second-order valence-electron chi connectivity index (χ2n) is 2.61. The van der Waals surface area contributed by atoms with E-state index in [0.29, 0.717) is 6.29 Å². The molecular weight excluding hydrogens is 270 g/mol. The second kappa shape index (κ2) is 4.94. The van der Waals surface area contributed by atoms with Crippen molar-refractivity contribution >= 4 is 22.2 Å². The van der Waals surface area contributed by atoms with Crippen LogP contribution in [0.3, 0.4) is 0 Å². The Morgan fingerprint density at radius 1 is 1.67 bits per heavy atom. The maximum Gasteiger partial charge on any atom is 0.265 e. The minimum absolute atomic E-state index is 0.0588. The molecule has 1 aromatic heterocycles. The van der Waals surface area contributed by atoms with Gasteiger partial charge in [0.15, 0.2) is 6.29 Å². The number of nitriles is 1. The van der Waals surface area contributed by atoms with E-state index < -0.39 is 12.0 Å². The molecule has 0 radical (unpaired) electrons. The van der Waals surface area contributed by atoms with Gasteiger partial charge in [-0.25, -0.2) is 8.78 Å². The number of halogens is 3. The van der Waals surface area contributed by atoms with Gasteiger partial charge in [0.2, 0.25) is 0 Å². The van der Waals surface area contributed by atoms with Gasteiger partial charge in [-0.1, -0.05) is 15.9 Å². The number of alkyl halides is 3. The fraction of sp³-hybridized carbons (Fsp3) is 0.222. The third kappa shape index (κ3) is 2.18. The zero-order chi connectivity index (χ0) is 11.4. The van der Waals surface area contributed by atoms with E-state index >= 15 is 0 Å². The second-order valence-corrected chi connectivity index (χ2v) is 3.17. The lowest BCUT2D eigenvalue weighted by atomic mass is 10.0. The summed E-state index contributed by atoms with van der Waals surface area (Å²) in [5, 5.41) is 8.68. The Hall–Kier alpha value is -1.35. The van der Waals surface area contributed by atoms with Crippen LogP contribution in [0.5, 0.6) is 0 Å². The van der Waals surface area contributed by atoms with Crippen molar-refractivity contribution in [3.63, 3.8) is 0 Å². The molecule has 3 nitrogen and oxygen atoms in total. The molecule has 1 heterocycles. The SMILES string of the molecule is N#Cc1cnc(C=O)c(CBr)c1C(F)F. The molecule has 1 aromatic rings. The minimum Gasteiger partial charge on any atom is -0.296 e. The predicted octanol–water partition coefficient (Wildman–Crippen LogP) is 2.60. The van der Waals surface area contributed by atoms with Gasteiger partial charge in [-0.3, -0.25) is 9.78 Å². The topological polar surface area (TPSA) is 53.8 Å². The Morgan fingerprint density at radius 2 is 2.33 bits per heavy atom. The Labute approximate surface area is 92.9 Å². The Kier molecular flexibility index (Phi) is 3.86. The molecule has 0 bridgehead atoms. The van der Waals surface area contributed by atoms with Crippen LogP contribution in [0.4, 0.5) is 8.78 Å². The number of hydrogen-bond acceptors (Lipinski definition) is 3. The predicted molar refractivity (Wildman–Crippen MR) is 51.9 cm³/mol. The highest BCUT2D eigenvalue weighted by Gasteiger charge is 2.20. The van der Waals surface area contributed by atoms with Crippen molar-refractivity contribution in [1.82, 2.24) is 4.98 Å². The highest BCUT2D eigenvalue weighted by Crippen LogP contribution is 2.28. The van der Waals surface area contributed by atoms with Crippen LogP contribution < -0.4 is 0 Å². The molecule has 1 rings (SSSR count). The standard InChI is InChI=1S/C9H5BrF2N2O/c10-1-6-7(4-15)14-3-5(2-13)8(6)9(11)12/h3-4,9H,1H2. The molecule has 0 saturated carbocycles. The van der Waals surface area contributed by atoms with E-state index in [1.165, 1.54) is 0 Å². The zero-order valence-electron chi connectivity index (χ0n) is 7.38. The number of nitrogens with zero attached hydrogens (tertiary/aromatic N) is 2. The summed E-state index contributed by atoms with van der Waals surface area (Å²) in [6.07, 6.45) is -1.42. The van der Waals surface area contributed by atoms with Crippen LogP contribution in [0, 0.1) is 11.3 Å². The minimum atomic E-state index is -2.80. The van der Waals surface area contributed by atoms with E-state index in [2.05, 4.69) is 20.9 Å². The molecule has 78 valence electrons. The number of carbonyl (C=O) groups excluding carboxylic acids is 1. The number of carbonyl (C=O) groups is 1. The largest absolute Gasteiger partial charge is 0.296 e. The maximum atomic E-state index is 12.7. The molecule has 0 saturated heterocycles. The lowest BCUT2D eigenvalue weighted by molar-refractivity contribution is 0.111. The molecular formula is C9H5BrF2N2O. The normalized spacial score (nSPS) is 10.1. The summed E-state index contributed by atoms with van der Waals surface area (Å²) in [5.74, 6) is 0. The van der Waals surface area contributed by atoms with Crippen LogP contribution in [0.2, 0.25) is 0 Å². The molecule has 0 amide bonds. The van der Waals surface area contributed by atoms with Gasteiger partial charge in [-0.05, 0) is 0 Å². The number of aromatic nitrogens is 1. The molecule has 0 atom stereocenters. The van der Waals surface area contributed by atoms with Gasteiger partial charge in [0.05, 0.1) is 5.56 Å². The van der Waals surface area contributed by atoms with E-state index in [0.717, 1.165) is 6.20 Å². The lowest BCUT2D eigenvalue weighted by Gasteiger charge is -2.09. The highest BCUT2D eigenvalue weighted by molar-refractivity contribution is 9.08. The van der Waals surface area contributed by atoms with Crippen molar-refractivity contribution in [3.05, 3.63) is 28.6 Å². The van der Waals surface area contributed by atoms with Gasteiger partial charge in [0.25, 0.3) is 6.43 Å². The first-order valence-electron chi connectivity index (χ1n) is 3.86. The Balaban J connectivity index is 3.53. The Morgan fingerprint density at radius 3 is 2.73 bits per heavy atom. The number of pyridine rings is 1. The van der Waals surface area contributed by atoms with E-state index in [9.17, 15) is 13.6 Å². The first kappa shape index (κ1) is 11.7. The lowest BCUT2D eigenvalue weighted by Crippen LogP contribution is -2.04. The van der Waals surface area contributed by atoms with Gasteiger partial charge in [0, 0.05) is 22.7 Å². The molecule has 0 spiro atoms. The van der Waals surface area contributed by atoms with Crippen LogP contribution in [0.15, 0.2) is 6.20 Å². The average molecular weight is 275 g/mol. The van der Waals surface area contributed by atoms with E-state index in [4.69, 9.17) is 5.26 Å². The molecule has 6 heteroatoms. The summed E-state index contributed by atoms with van der Waals surface area (Å²) in [4.78, 5) is 14.2. The molecule has 0 aliphatic carbocycles. The van der Waals surface area contributed by atoms with E-state index in [1.807, 2.05) is 0 Å². The fourth-order valence-corrected chi connectivity index (χ4v) is 1.75. The van der Waals surface area contributed by atoms with Crippen molar-refractivity contribution < 1.29 is 13.6 Å². The maximum absolute atomic E-state index is 12.7. The monoisotopic (exact) mass is 274 g/mol. The summed E-state index contributed by atoms with van der Waals surface area (Å²) in [7, 11) is 0. The van der Waals surface area contributed by atoms with Crippen LogP contribution in [-0.4, -0.2) is 11.3 Å². The molecule has 0 unspecified atom stereocenters. The summed E-state index contributed by atoms with van der Waals surface area (Å²) in [6, 6.07) is 1.62. The molecule has 0 aliphatic heterocycles. The summed E-state index contributed by atoms with van der Waals surface area (Å²) < 4.78 is 25.3. The first-order chi connectivity index (χ1) is 7.15. The number of aldehydes is 1. The van der Waals surface area contributed by atoms with Gasteiger partial charge in [0.1, 0.15) is 11.8 Å². The third-order valence-corrected chi connectivity index (χ3v) is 2.40. The summed E-state index contributed by atoms with van der Waals surface area (Å²) >= 11 is 2.99. The quantitative estimate of drug-likeness (QED) is 0.629. The van der Waals surface area contributed by atoms with Gasteiger partial charge in [-0.15, -0.1) is 0 Å². The van der Waals surface area contributed by atoms with Gasteiger partial charge >= 0.3 is 0 Å².